The van der Waals surface area contributed by atoms with Crippen LogP contribution in [0, 0.1) is 5.41 Å². The van der Waals surface area contributed by atoms with Crippen LogP contribution >= 0.6 is 0 Å². The third-order valence-corrected chi connectivity index (χ3v) is 7.32. The number of benzene rings is 1. The quantitative estimate of drug-likeness (QED) is 0.507. The number of aliphatic imine (C=N–C) groups is 1. The molecule has 6 nitrogen and oxygen atoms in total. The van der Waals surface area contributed by atoms with Crippen molar-refractivity contribution in [3.63, 3.8) is 0 Å². The first-order valence-electron chi connectivity index (χ1n) is 12.2. The molecule has 1 N–H and O–H groups in total. The van der Waals surface area contributed by atoms with Crippen molar-refractivity contribution in [3.8, 4) is 5.75 Å². The molecule has 2 aliphatic heterocycles. The molecule has 172 valence electrons. The highest BCUT2D eigenvalue weighted by Gasteiger charge is 2.43. The third-order valence-electron chi connectivity index (χ3n) is 7.32. The molecule has 0 atom stereocenters. The zero-order chi connectivity index (χ0) is 21.5. The normalized spacial score (nSPS) is 21.5. The first kappa shape index (κ1) is 22.4. The molecule has 3 aliphatic rings. The van der Waals surface area contributed by atoms with E-state index < -0.39 is 0 Å². The molecule has 3 fully saturated rings. The fraction of sp³-hybridized carbons (Fsp3) is 0.720. The van der Waals surface area contributed by atoms with Crippen molar-refractivity contribution in [2.75, 3.05) is 53.0 Å². The van der Waals surface area contributed by atoms with Crippen molar-refractivity contribution in [1.29, 1.82) is 0 Å². The van der Waals surface area contributed by atoms with Gasteiger partial charge in [-0.1, -0.05) is 18.6 Å². The highest BCUT2D eigenvalue weighted by Crippen LogP contribution is 2.47. The van der Waals surface area contributed by atoms with E-state index in [0.29, 0.717) is 24.6 Å². The van der Waals surface area contributed by atoms with Gasteiger partial charge in [0.05, 0.1) is 6.54 Å². The first-order valence-corrected chi connectivity index (χ1v) is 12.2. The number of likely N-dealkylation sites (N-methyl/N-ethyl adjacent to an activating group) is 1. The number of likely N-dealkylation sites (tertiary alicyclic amines) is 1. The van der Waals surface area contributed by atoms with Gasteiger partial charge in [0.15, 0.2) is 5.96 Å². The molecule has 1 saturated carbocycles. The minimum absolute atomic E-state index is 0.585. The van der Waals surface area contributed by atoms with E-state index in [1.165, 1.54) is 37.8 Å². The summed E-state index contributed by atoms with van der Waals surface area (Å²) in [6, 6.07) is 9.03. The Morgan fingerprint density at radius 1 is 1.29 bits per heavy atom. The number of rotatable bonds is 8. The van der Waals surface area contributed by atoms with E-state index in [0.717, 1.165) is 57.4 Å². The van der Waals surface area contributed by atoms with Gasteiger partial charge >= 0.3 is 0 Å². The number of ether oxygens (including phenoxy) is 2. The molecule has 0 unspecified atom stereocenters. The average Bonchev–Trinajstić information content (AvgIpc) is 3.24. The Bertz CT molecular complexity index is 728. The SMILES string of the molecule is CCNC(=NCc1cccc(OCCN(C)C2CCOCC2)c1)N1CCC2(CCC2)C1. The molecule has 1 aromatic rings. The summed E-state index contributed by atoms with van der Waals surface area (Å²) in [7, 11) is 2.19. The van der Waals surface area contributed by atoms with E-state index in [1.54, 1.807) is 0 Å². The van der Waals surface area contributed by atoms with Crippen LogP contribution in [-0.2, 0) is 11.3 Å². The van der Waals surface area contributed by atoms with Crippen LogP contribution in [0.1, 0.15) is 51.0 Å². The summed E-state index contributed by atoms with van der Waals surface area (Å²) in [6.07, 6.45) is 7.76. The fourth-order valence-electron chi connectivity index (χ4n) is 5.14. The molecule has 2 heterocycles. The standard InChI is InChI=1S/C25H40N4O2/c1-3-26-24(29-13-12-25(20-29)10-5-11-25)27-19-21-6-4-7-23(18-21)31-17-14-28(2)22-8-15-30-16-9-22/h4,6-7,18,22H,3,5,8-17,19-20H2,1-2H3,(H,26,27). The van der Waals surface area contributed by atoms with Gasteiger partial charge < -0.3 is 19.7 Å². The Morgan fingerprint density at radius 2 is 2.13 bits per heavy atom. The molecule has 31 heavy (non-hydrogen) atoms. The van der Waals surface area contributed by atoms with Gasteiger partial charge in [-0.25, -0.2) is 4.99 Å². The van der Waals surface area contributed by atoms with E-state index in [-0.39, 0.29) is 0 Å². The van der Waals surface area contributed by atoms with Gasteiger partial charge in [-0.2, -0.15) is 0 Å². The van der Waals surface area contributed by atoms with Crippen molar-refractivity contribution in [2.45, 2.75) is 58.0 Å². The van der Waals surface area contributed by atoms with Crippen molar-refractivity contribution in [2.24, 2.45) is 10.4 Å². The molecule has 1 aromatic carbocycles. The van der Waals surface area contributed by atoms with E-state index >= 15 is 0 Å². The monoisotopic (exact) mass is 428 g/mol. The van der Waals surface area contributed by atoms with Gasteiger partial charge in [0.25, 0.3) is 0 Å². The number of hydrogen-bond acceptors (Lipinski definition) is 4. The second kappa shape index (κ2) is 10.7. The van der Waals surface area contributed by atoms with E-state index in [2.05, 4.69) is 47.3 Å². The minimum Gasteiger partial charge on any atom is -0.492 e. The van der Waals surface area contributed by atoms with Gasteiger partial charge in [0.1, 0.15) is 12.4 Å². The Labute approximate surface area is 188 Å². The van der Waals surface area contributed by atoms with Crippen LogP contribution in [0.3, 0.4) is 0 Å². The molecule has 1 spiro atoms. The lowest BCUT2D eigenvalue weighted by Crippen LogP contribution is -2.42. The van der Waals surface area contributed by atoms with Crippen LogP contribution in [0.25, 0.3) is 0 Å². The Morgan fingerprint density at radius 3 is 2.84 bits per heavy atom. The highest BCUT2D eigenvalue weighted by molar-refractivity contribution is 5.80. The van der Waals surface area contributed by atoms with Crippen LogP contribution in [0.5, 0.6) is 5.75 Å². The maximum atomic E-state index is 6.06. The van der Waals surface area contributed by atoms with Crippen molar-refractivity contribution >= 4 is 5.96 Å². The maximum absolute atomic E-state index is 6.06. The lowest BCUT2D eigenvalue weighted by atomic mass is 9.68. The molecular formula is C25H40N4O2. The van der Waals surface area contributed by atoms with E-state index in [4.69, 9.17) is 14.5 Å². The van der Waals surface area contributed by atoms with E-state index in [9.17, 15) is 0 Å². The number of nitrogens with zero attached hydrogens (tertiary/aromatic N) is 3. The van der Waals surface area contributed by atoms with Crippen LogP contribution in [-0.4, -0.2) is 74.8 Å². The second-order valence-electron chi connectivity index (χ2n) is 9.52. The maximum Gasteiger partial charge on any atom is 0.194 e. The van der Waals surface area contributed by atoms with Gasteiger partial charge in [-0.3, -0.25) is 4.90 Å². The summed E-state index contributed by atoms with van der Waals surface area (Å²) in [5.41, 5.74) is 1.78. The number of guanidine groups is 1. The minimum atomic E-state index is 0.585. The average molecular weight is 429 g/mol. The summed E-state index contributed by atoms with van der Waals surface area (Å²) in [6.45, 7) is 9.46. The van der Waals surface area contributed by atoms with Gasteiger partial charge in [-0.05, 0) is 69.2 Å². The molecule has 4 rings (SSSR count). The molecule has 0 amide bonds. The fourth-order valence-corrected chi connectivity index (χ4v) is 5.14. The predicted molar refractivity (Wildman–Crippen MR) is 126 cm³/mol. The Hall–Kier alpha value is -1.79. The van der Waals surface area contributed by atoms with Crippen LogP contribution in [0.15, 0.2) is 29.3 Å². The molecule has 0 aromatic heterocycles. The van der Waals surface area contributed by atoms with Crippen molar-refractivity contribution in [3.05, 3.63) is 29.8 Å². The predicted octanol–water partition coefficient (Wildman–Crippen LogP) is 3.52. The second-order valence-corrected chi connectivity index (χ2v) is 9.52. The van der Waals surface area contributed by atoms with Gasteiger partial charge in [-0.15, -0.1) is 0 Å². The third kappa shape index (κ3) is 5.92. The first-order chi connectivity index (χ1) is 15.2. The Balaban J connectivity index is 1.27. The molecule has 2 saturated heterocycles. The van der Waals surface area contributed by atoms with Crippen LogP contribution in [0.2, 0.25) is 0 Å². The van der Waals surface area contributed by atoms with Crippen LogP contribution < -0.4 is 10.1 Å². The molecule has 0 radical (unpaired) electrons. The summed E-state index contributed by atoms with van der Waals surface area (Å²) in [5, 5.41) is 3.50. The summed E-state index contributed by atoms with van der Waals surface area (Å²) >= 11 is 0. The zero-order valence-corrected chi connectivity index (χ0v) is 19.4. The lowest BCUT2D eigenvalue weighted by Gasteiger charge is -2.38. The largest absolute Gasteiger partial charge is 0.492 e. The van der Waals surface area contributed by atoms with E-state index in [1.807, 2.05) is 6.07 Å². The van der Waals surface area contributed by atoms with Gasteiger partial charge in [0.2, 0.25) is 0 Å². The topological polar surface area (TPSA) is 49.3 Å². The lowest BCUT2D eigenvalue weighted by molar-refractivity contribution is 0.0392. The van der Waals surface area contributed by atoms with Crippen molar-refractivity contribution in [1.82, 2.24) is 15.1 Å². The molecular weight excluding hydrogens is 388 g/mol. The summed E-state index contributed by atoms with van der Waals surface area (Å²) < 4.78 is 11.5. The van der Waals surface area contributed by atoms with Crippen molar-refractivity contribution < 1.29 is 9.47 Å². The molecule has 1 aliphatic carbocycles. The van der Waals surface area contributed by atoms with Gasteiger partial charge in [0, 0.05) is 45.4 Å². The number of hydrogen-bond donors (Lipinski definition) is 1. The summed E-state index contributed by atoms with van der Waals surface area (Å²) in [5.74, 6) is 2.00. The number of nitrogens with one attached hydrogen (secondary N) is 1. The Kier molecular flexibility index (Phi) is 7.72. The summed E-state index contributed by atoms with van der Waals surface area (Å²) in [4.78, 5) is 9.83. The molecule has 0 bridgehead atoms. The highest BCUT2D eigenvalue weighted by atomic mass is 16.5. The smallest absolute Gasteiger partial charge is 0.194 e. The molecule has 6 heteroatoms. The zero-order valence-electron chi connectivity index (χ0n) is 19.4. The van der Waals surface area contributed by atoms with Crippen LogP contribution in [0.4, 0.5) is 0 Å².